The number of hydrogen-bond acceptors (Lipinski definition) is 1. The lowest BCUT2D eigenvalue weighted by Gasteiger charge is -2.33. The van der Waals surface area contributed by atoms with Crippen molar-refractivity contribution in [2.45, 2.75) is 53.0 Å². The van der Waals surface area contributed by atoms with E-state index in [-0.39, 0.29) is 5.41 Å². The van der Waals surface area contributed by atoms with Crippen LogP contribution in [0.25, 0.3) is 0 Å². The number of rotatable bonds is 3. The first-order valence-electron chi connectivity index (χ1n) is 6.04. The first-order chi connectivity index (χ1) is 7.24. The standard InChI is InChI=1S/C15H25N/c1-14(2,3)11-15(4,5)13-8-6-12(10-16)7-9-13/h6-9H,10-11,16H2,1-5H3. The second-order valence-corrected chi connectivity index (χ2v) is 6.52. The zero-order chi connectivity index (χ0) is 12.4. The lowest BCUT2D eigenvalue weighted by Crippen LogP contribution is -2.24. The lowest BCUT2D eigenvalue weighted by atomic mass is 9.72. The first-order valence-corrected chi connectivity index (χ1v) is 6.04. The number of benzene rings is 1. The Balaban J connectivity index is 2.89. The minimum Gasteiger partial charge on any atom is -0.326 e. The normalized spacial score (nSPS) is 12.9. The van der Waals surface area contributed by atoms with Crippen molar-refractivity contribution in [1.29, 1.82) is 0 Å². The molecule has 0 amide bonds. The average molecular weight is 219 g/mol. The van der Waals surface area contributed by atoms with Crippen LogP contribution in [0.15, 0.2) is 24.3 Å². The molecule has 90 valence electrons. The van der Waals surface area contributed by atoms with Gasteiger partial charge in [-0.05, 0) is 28.4 Å². The maximum atomic E-state index is 5.61. The molecule has 1 rings (SSSR count). The highest BCUT2D eigenvalue weighted by molar-refractivity contribution is 5.28. The van der Waals surface area contributed by atoms with E-state index in [9.17, 15) is 0 Å². The van der Waals surface area contributed by atoms with Gasteiger partial charge in [0, 0.05) is 6.54 Å². The van der Waals surface area contributed by atoms with Crippen molar-refractivity contribution in [2.75, 3.05) is 0 Å². The Kier molecular flexibility index (Phi) is 3.80. The van der Waals surface area contributed by atoms with Crippen molar-refractivity contribution >= 4 is 0 Å². The van der Waals surface area contributed by atoms with Crippen LogP contribution in [0.5, 0.6) is 0 Å². The summed E-state index contributed by atoms with van der Waals surface area (Å²) in [6.45, 7) is 12.1. The summed E-state index contributed by atoms with van der Waals surface area (Å²) in [7, 11) is 0. The predicted molar refractivity (Wildman–Crippen MR) is 71.4 cm³/mol. The molecule has 0 fully saturated rings. The summed E-state index contributed by atoms with van der Waals surface area (Å²) in [4.78, 5) is 0. The zero-order valence-corrected chi connectivity index (χ0v) is 11.3. The van der Waals surface area contributed by atoms with Crippen LogP contribution in [-0.2, 0) is 12.0 Å². The third-order valence-corrected chi connectivity index (χ3v) is 2.94. The minimum atomic E-state index is 0.228. The molecule has 0 saturated heterocycles. The summed E-state index contributed by atoms with van der Waals surface area (Å²) in [5, 5.41) is 0. The van der Waals surface area contributed by atoms with Gasteiger partial charge in [-0.2, -0.15) is 0 Å². The average Bonchev–Trinajstić information content (AvgIpc) is 2.14. The van der Waals surface area contributed by atoms with Crippen LogP contribution in [0, 0.1) is 5.41 Å². The van der Waals surface area contributed by atoms with Crippen molar-refractivity contribution in [1.82, 2.24) is 0 Å². The molecule has 2 N–H and O–H groups in total. The third-order valence-electron chi connectivity index (χ3n) is 2.94. The third kappa shape index (κ3) is 3.64. The van der Waals surface area contributed by atoms with Crippen LogP contribution in [-0.4, -0.2) is 0 Å². The van der Waals surface area contributed by atoms with Crippen molar-refractivity contribution in [3.05, 3.63) is 35.4 Å². The van der Waals surface area contributed by atoms with Gasteiger partial charge in [0.1, 0.15) is 0 Å². The highest BCUT2D eigenvalue weighted by Crippen LogP contribution is 2.36. The number of nitrogens with two attached hydrogens (primary N) is 1. The molecule has 0 unspecified atom stereocenters. The molecule has 0 saturated carbocycles. The largest absolute Gasteiger partial charge is 0.326 e. The van der Waals surface area contributed by atoms with Gasteiger partial charge in [-0.25, -0.2) is 0 Å². The molecular formula is C15H25N. The van der Waals surface area contributed by atoms with Crippen molar-refractivity contribution < 1.29 is 0 Å². The second-order valence-electron chi connectivity index (χ2n) is 6.52. The van der Waals surface area contributed by atoms with E-state index in [1.165, 1.54) is 17.5 Å². The maximum absolute atomic E-state index is 5.61. The molecule has 0 aliphatic heterocycles. The Morgan fingerprint density at radius 3 is 1.81 bits per heavy atom. The van der Waals surface area contributed by atoms with E-state index < -0.39 is 0 Å². The van der Waals surface area contributed by atoms with Gasteiger partial charge in [0.2, 0.25) is 0 Å². The van der Waals surface area contributed by atoms with Crippen molar-refractivity contribution in [3.63, 3.8) is 0 Å². The Labute approximate surface area is 100 Å². The molecule has 0 bridgehead atoms. The second kappa shape index (κ2) is 4.58. The van der Waals surface area contributed by atoms with E-state index >= 15 is 0 Å². The molecule has 0 atom stereocenters. The van der Waals surface area contributed by atoms with Crippen LogP contribution in [0.2, 0.25) is 0 Å². The zero-order valence-electron chi connectivity index (χ0n) is 11.3. The highest BCUT2D eigenvalue weighted by Gasteiger charge is 2.26. The molecule has 16 heavy (non-hydrogen) atoms. The van der Waals surface area contributed by atoms with Crippen LogP contribution in [0.4, 0.5) is 0 Å². The van der Waals surface area contributed by atoms with Gasteiger partial charge in [0.15, 0.2) is 0 Å². The topological polar surface area (TPSA) is 26.0 Å². The molecule has 0 radical (unpaired) electrons. The van der Waals surface area contributed by atoms with Gasteiger partial charge in [0.05, 0.1) is 0 Å². The molecule has 1 aromatic carbocycles. The Bertz CT molecular complexity index is 327. The van der Waals surface area contributed by atoms with E-state index in [4.69, 9.17) is 5.73 Å². The highest BCUT2D eigenvalue weighted by atomic mass is 14.5. The SMILES string of the molecule is CC(C)(C)CC(C)(C)c1ccc(CN)cc1. The first kappa shape index (κ1) is 13.2. The van der Waals surface area contributed by atoms with Gasteiger partial charge in [-0.15, -0.1) is 0 Å². The van der Waals surface area contributed by atoms with Gasteiger partial charge < -0.3 is 5.73 Å². The fourth-order valence-corrected chi connectivity index (χ4v) is 2.52. The summed E-state index contributed by atoms with van der Waals surface area (Å²) in [5.74, 6) is 0. The predicted octanol–water partition coefficient (Wildman–Crippen LogP) is 3.86. The summed E-state index contributed by atoms with van der Waals surface area (Å²) in [5.41, 5.74) is 8.80. The Morgan fingerprint density at radius 2 is 1.44 bits per heavy atom. The Hall–Kier alpha value is -0.820. The van der Waals surface area contributed by atoms with E-state index in [0.717, 1.165) is 0 Å². The molecule has 0 heterocycles. The molecule has 0 spiro atoms. The summed E-state index contributed by atoms with van der Waals surface area (Å²) in [6, 6.07) is 8.71. The molecule has 1 heteroatoms. The number of hydrogen-bond donors (Lipinski definition) is 1. The monoisotopic (exact) mass is 219 g/mol. The van der Waals surface area contributed by atoms with Gasteiger partial charge in [0.25, 0.3) is 0 Å². The Morgan fingerprint density at radius 1 is 0.938 bits per heavy atom. The molecule has 0 aliphatic rings. The molecule has 1 nitrogen and oxygen atoms in total. The van der Waals surface area contributed by atoms with Gasteiger partial charge in [-0.1, -0.05) is 58.9 Å². The van der Waals surface area contributed by atoms with Gasteiger partial charge >= 0.3 is 0 Å². The fraction of sp³-hybridized carbons (Fsp3) is 0.600. The molecule has 0 aliphatic carbocycles. The van der Waals surface area contributed by atoms with E-state index in [1.54, 1.807) is 0 Å². The van der Waals surface area contributed by atoms with E-state index in [0.29, 0.717) is 12.0 Å². The van der Waals surface area contributed by atoms with Crippen LogP contribution in [0.1, 0.15) is 52.2 Å². The fourth-order valence-electron chi connectivity index (χ4n) is 2.52. The maximum Gasteiger partial charge on any atom is 0.0178 e. The van der Waals surface area contributed by atoms with E-state index in [1.807, 2.05) is 0 Å². The summed E-state index contributed by atoms with van der Waals surface area (Å²) >= 11 is 0. The lowest BCUT2D eigenvalue weighted by molar-refractivity contribution is 0.284. The molecule has 0 aromatic heterocycles. The quantitative estimate of drug-likeness (QED) is 0.820. The van der Waals surface area contributed by atoms with Crippen LogP contribution >= 0.6 is 0 Å². The molecule has 1 aromatic rings. The smallest absolute Gasteiger partial charge is 0.0178 e. The van der Waals surface area contributed by atoms with Crippen molar-refractivity contribution in [3.8, 4) is 0 Å². The minimum absolute atomic E-state index is 0.228. The summed E-state index contributed by atoms with van der Waals surface area (Å²) in [6.07, 6.45) is 1.18. The van der Waals surface area contributed by atoms with Crippen molar-refractivity contribution in [2.24, 2.45) is 11.1 Å². The van der Waals surface area contributed by atoms with E-state index in [2.05, 4.69) is 58.9 Å². The van der Waals surface area contributed by atoms with Crippen LogP contribution in [0.3, 0.4) is 0 Å². The van der Waals surface area contributed by atoms with Crippen LogP contribution < -0.4 is 5.73 Å². The molecular weight excluding hydrogens is 194 g/mol. The van der Waals surface area contributed by atoms with Gasteiger partial charge in [-0.3, -0.25) is 0 Å². The summed E-state index contributed by atoms with van der Waals surface area (Å²) < 4.78 is 0.